The molecule has 4 aromatic rings. The fourth-order valence-corrected chi connectivity index (χ4v) is 3.66. The first kappa shape index (κ1) is 17.1. The Morgan fingerprint density at radius 1 is 0.444 bits per heavy atom. The molecule has 0 atom stereocenters. The molecule has 4 aromatic carbocycles. The number of benzene rings is 4. The molecule has 2 heteroatoms. The third-order valence-electron chi connectivity index (χ3n) is 4.89. The molecule has 0 fully saturated rings. The lowest BCUT2D eigenvalue weighted by Gasteiger charge is -2.37. The lowest BCUT2D eigenvalue weighted by molar-refractivity contribution is 0.414. The molecule has 27 heavy (non-hydrogen) atoms. The van der Waals surface area contributed by atoms with Crippen LogP contribution in [-0.4, -0.2) is 7.11 Å². The Morgan fingerprint density at radius 2 is 0.778 bits per heavy atom. The van der Waals surface area contributed by atoms with E-state index in [1.54, 1.807) is 7.11 Å². The zero-order valence-corrected chi connectivity index (χ0v) is 15.3. The summed E-state index contributed by atoms with van der Waals surface area (Å²) >= 11 is 0. The monoisotopic (exact) mass is 352 g/mol. The van der Waals surface area contributed by atoms with Crippen LogP contribution in [0.1, 0.15) is 0 Å². The van der Waals surface area contributed by atoms with Crippen LogP contribution in [-0.2, 0) is 0 Å². The van der Waals surface area contributed by atoms with Crippen LogP contribution >= 0.6 is 0 Å². The molecule has 4 rings (SSSR count). The molecule has 0 spiro atoms. The van der Waals surface area contributed by atoms with Crippen molar-refractivity contribution in [3.8, 4) is 5.75 Å². The number of rotatable bonds is 5. The first-order chi connectivity index (χ1) is 13.4. The molecule has 0 saturated heterocycles. The molecule has 0 N–H and O–H groups in total. The van der Waals surface area contributed by atoms with Crippen LogP contribution in [0.2, 0.25) is 0 Å². The number of nitrogens with zero attached hydrogens (tertiary/aromatic N) is 1. The van der Waals surface area contributed by atoms with Gasteiger partial charge >= 0.3 is 0 Å². The second-order valence-electron chi connectivity index (χ2n) is 6.38. The van der Waals surface area contributed by atoms with Crippen molar-refractivity contribution in [1.82, 2.24) is 4.48 Å². The van der Waals surface area contributed by atoms with Gasteiger partial charge in [-0.15, -0.1) is 0 Å². The average molecular weight is 352 g/mol. The maximum absolute atomic E-state index is 5.39. The van der Waals surface area contributed by atoms with Gasteiger partial charge < -0.3 is 4.74 Å². The number of hydrogen-bond donors (Lipinski definition) is 0. The van der Waals surface area contributed by atoms with Crippen LogP contribution in [0.15, 0.2) is 115 Å². The molecular weight excluding hydrogens is 330 g/mol. The highest BCUT2D eigenvalue weighted by molar-refractivity contribution is 5.81. The summed E-state index contributed by atoms with van der Waals surface area (Å²) in [5, 5.41) is 0. The van der Waals surface area contributed by atoms with Crippen molar-refractivity contribution in [3.63, 3.8) is 0 Å². The molecular formula is C25H22NO+. The first-order valence-corrected chi connectivity index (χ1v) is 9.06. The van der Waals surface area contributed by atoms with Gasteiger partial charge in [-0.05, 0) is 12.1 Å². The molecule has 132 valence electrons. The molecule has 0 aliphatic rings. The van der Waals surface area contributed by atoms with E-state index >= 15 is 0 Å². The maximum Gasteiger partial charge on any atom is 0.148 e. The van der Waals surface area contributed by atoms with Crippen LogP contribution in [0.3, 0.4) is 0 Å². The van der Waals surface area contributed by atoms with Gasteiger partial charge in [-0.25, -0.2) is 0 Å². The Hall–Kier alpha value is -3.36. The van der Waals surface area contributed by atoms with Crippen LogP contribution in [0, 0.1) is 0 Å². The molecule has 0 amide bonds. The molecule has 2 nitrogen and oxygen atoms in total. The molecule has 0 aromatic heterocycles. The second-order valence-corrected chi connectivity index (χ2v) is 6.38. The minimum atomic E-state index is 0.506. The number of para-hydroxylation sites is 3. The summed E-state index contributed by atoms with van der Waals surface area (Å²) in [6.07, 6.45) is 0. The van der Waals surface area contributed by atoms with Gasteiger partial charge in [-0.1, -0.05) is 54.6 Å². The molecule has 0 radical (unpaired) electrons. The summed E-state index contributed by atoms with van der Waals surface area (Å²) in [7, 11) is 1.70. The largest absolute Gasteiger partial charge is 0.497 e. The van der Waals surface area contributed by atoms with Crippen molar-refractivity contribution in [2.75, 3.05) is 7.11 Å². The van der Waals surface area contributed by atoms with Gasteiger partial charge in [0.25, 0.3) is 0 Å². The summed E-state index contributed by atoms with van der Waals surface area (Å²) in [5.74, 6) is 0.853. The van der Waals surface area contributed by atoms with E-state index in [0.29, 0.717) is 4.48 Å². The van der Waals surface area contributed by atoms with E-state index in [1.807, 2.05) is 12.1 Å². The van der Waals surface area contributed by atoms with Gasteiger partial charge in [-0.2, -0.15) is 4.48 Å². The Labute approximate surface area is 160 Å². The lowest BCUT2D eigenvalue weighted by atomic mass is 10.1. The molecule has 0 heterocycles. The summed E-state index contributed by atoms with van der Waals surface area (Å²) in [6.45, 7) is 0. The van der Waals surface area contributed by atoms with Gasteiger partial charge in [0.2, 0.25) is 0 Å². The smallest absolute Gasteiger partial charge is 0.148 e. The molecule has 0 bridgehead atoms. The fourth-order valence-electron chi connectivity index (χ4n) is 3.66. The van der Waals surface area contributed by atoms with Crippen molar-refractivity contribution < 1.29 is 4.74 Å². The minimum absolute atomic E-state index is 0.506. The predicted molar refractivity (Wildman–Crippen MR) is 113 cm³/mol. The zero-order valence-electron chi connectivity index (χ0n) is 15.3. The number of ether oxygens (including phenoxy) is 1. The highest BCUT2D eigenvalue weighted by atomic mass is 16.5. The number of quaternary nitrogens is 1. The van der Waals surface area contributed by atoms with Gasteiger partial charge in [0.1, 0.15) is 28.5 Å². The van der Waals surface area contributed by atoms with E-state index in [2.05, 4.69) is 103 Å². The number of methoxy groups -OCH3 is 1. The van der Waals surface area contributed by atoms with Crippen LogP contribution in [0.4, 0.5) is 22.7 Å². The van der Waals surface area contributed by atoms with E-state index in [0.717, 1.165) is 11.4 Å². The topological polar surface area (TPSA) is 9.23 Å². The van der Waals surface area contributed by atoms with Gasteiger partial charge in [-0.3, -0.25) is 0 Å². The summed E-state index contributed by atoms with van der Waals surface area (Å²) in [6, 6.07) is 40.2. The highest BCUT2D eigenvalue weighted by Crippen LogP contribution is 2.51. The normalized spacial score (nSPS) is 11.1. The van der Waals surface area contributed by atoms with Crippen molar-refractivity contribution >= 4 is 22.7 Å². The number of hydrogen-bond acceptors (Lipinski definition) is 1. The summed E-state index contributed by atoms with van der Waals surface area (Å²) in [5.41, 5.74) is 4.69. The fraction of sp³-hybridized carbons (Fsp3) is 0.0400. The van der Waals surface area contributed by atoms with Crippen molar-refractivity contribution in [1.29, 1.82) is 0 Å². The molecule has 0 aliphatic heterocycles. The minimum Gasteiger partial charge on any atom is -0.497 e. The van der Waals surface area contributed by atoms with Crippen molar-refractivity contribution in [3.05, 3.63) is 115 Å². The van der Waals surface area contributed by atoms with E-state index in [-0.39, 0.29) is 0 Å². The quantitative estimate of drug-likeness (QED) is 0.351. The lowest BCUT2D eigenvalue weighted by Crippen LogP contribution is -2.33. The van der Waals surface area contributed by atoms with Crippen LogP contribution in [0.5, 0.6) is 5.75 Å². The van der Waals surface area contributed by atoms with E-state index in [4.69, 9.17) is 4.74 Å². The molecule has 0 saturated carbocycles. The van der Waals surface area contributed by atoms with Crippen LogP contribution < -0.4 is 9.22 Å². The van der Waals surface area contributed by atoms with E-state index in [9.17, 15) is 0 Å². The molecule has 0 aliphatic carbocycles. The highest BCUT2D eigenvalue weighted by Gasteiger charge is 2.38. The van der Waals surface area contributed by atoms with E-state index < -0.39 is 0 Å². The summed E-state index contributed by atoms with van der Waals surface area (Å²) < 4.78 is 5.90. The van der Waals surface area contributed by atoms with E-state index in [1.165, 1.54) is 17.1 Å². The van der Waals surface area contributed by atoms with Crippen molar-refractivity contribution in [2.24, 2.45) is 0 Å². The SMILES string of the molecule is COc1ccc([N+](c2ccccc2)(c2ccccc2)c2ccccc2)cc1. The van der Waals surface area contributed by atoms with Gasteiger partial charge in [0.05, 0.1) is 7.11 Å². The Balaban J connectivity index is 2.09. The van der Waals surface area contributed by atoms with Gasteiger partial charge in [0.15, 0.2) is 0 Å². The molecule has 0 unspecified atom stereocenters. The average Bonchev–Trinajstić information content (AvgIpc) is 2.77. The van der Waals surface area contributed by atoms with Crippen LogP contribution in [0.25, 0.3) is 0 Å². The summed E-state index contributed by atoms with van der Waals surface area (Å²) in [4.78, 5) is 0. The third kappa shape index (κ3) is 3.01. The Bertz CT molecular complexity index is 884. The standard InChI is InChI=1S/C25H22NO/c1-27-25-19-17-24(18-20-25)26(21-11-5-2-6-12-21,22-13-7-3-8-14-22)23-15-9-4-10-16-23/h2-20H,1H3/q+1. The van der Waals surface area contributed by atoms with Crippen molar-refractivity contribution in [2.45, 2.75) is 0 Å². The maximum atomic E-state index is 5.39. The first-order valence-electron chi connectivity index (χ1n) is 9.06. The Kier molecular flexibility index (Phi) is 4.73. The second kappa shape index (κ2) is 7.48. The predicted octanol–water partition coefficient (Wildman–Crippen LogP) is 7.00. The zero-order chi connectivity index (χ0) is 18.5. The Morgan fingerprint density at radius 3 is 1.11 bits per heavy atom. The van der Waals surface area contributed by atoms with Gasteiger partial charge in [0, 0.05) is 48.5 Å². The third-order valence-corrected chi connectivity index (χ3v) is 4.89.